The average Bonchev–Trinajstić information content (AvgIpc) is 2.38. The SMILES string of the molecule is CCC(C(=O)O)N(C)Cc1ccc(OC)c([N+](=O)[O-])c1. The van der Waals surface area contributed by atoms with Crippen LogP contribution in [0.25, 0.3) is 0 Å². The predicted octanol–water partition coefficient (Wildman–Crippen LogP) is 1.90. The molecule has 7 heteroatoms. The number of hydrogen-bond acceptors (Lipinski definition) is 5. The third kappa shape index (κ3) is 3.67. The Labute approximate surface area is 116 Å². The largest absolute Gasteiger partial charge is 0.490 e. The Kier molecular flexibility index (Phi) is 5.45. The molecule has 0 amide bonds. The normalized spacial score (nSPS) is 12.2. The summed E-state index contributed by atoms with van der Waals surface area (Å²) in [6.45, 7) is 2.10. The monoisotopic (exact) mass is 282 g/mol. The number of nitro groups is 1. The smallest absolute Gasteiger partial charge is 0.320 e. The van der Waals surface area contributed by atoms with Crippen molar-refractivity contribution in [2.75, 3.05) is 14.2 Å². The van der Waals surface area contributed by atoms with Crippen molar-refractivity contribution < 1.29 is 19.6 Å². The number of methoxy groups -OCH3 is 1. The molecule has 0 spiro atoms. The van der Waals surface area contributed by atoms with Crippen LogP contribution in [-0.4, -0.2) is 41.1 Å². The van der Waals surface area contributed by atoms with Gasteiger partial charge in [-0.15, -0.1) is 0 Å². The van der Waals surface area contributed by atoms with Gasteiger partial charge in [-0.25, -0.2) is 0 Å². The number of carboxylic acid groups (broad SMARTS) is 1. The lowest BCUT2D eigenvalue weighted by atomic mass is 10.1. The predicted molar refractivity (Wildman–Crippen MR) is 72.8 cm³/mol. The molecule has 0 saturated carbocycles. The van der Waals surface area contributed by atoms with Gasteiger partial charge in [0.1, 0.15) is 6.04 Å². The molecule has 0 aromatic heterocycles. The molecule has 1 aromatic carbocycles. The van der Waals surface area contributed by atoms with E-state index in [4.69, 9.17) is 9.84 Å². The van der Waals surface area contributed by atoms with Crippen molar-refractivity contribution in [3.05, 3.63) is 33.9 Å². The van der Waals surface area contributed by atoms with Gasteiger partial charge >= 0.3 is 11.7 Å². The number of benzene rings is 1. The fourth-order valence-electron chi connectivity index (χ4n) is 2.05. The van der Waals surface area contributed by atoms with Gasteiger partial charge in [-0.2, -0.15) is 0 Å². The van der Waals surface area contributed by atoms with E-state index >= 15 is 0 Å². The molecule has 0 radical (unpaired) electrons. The van der Waals surface area contributed by atoms with Crippen LogP contribution in [0.4, 0.5) is 5.69 Å². The Morgan fingerprint density at radius 3 is 2.65 bits per heavy atom. The van der Waals surface area contributed by atoms with Gasteiger partial charge in [0.05, 0.1) is 12.0 Å². The fourth-order valence-corrected chi connectivity index (χ4v) is 2.05. The van der Waals surface area contributed by atoms with E-state index in [1.165, 1.54) is 19.2 Å². The topological polar surface area (TPSA) is 92.9 Å². The Bertz CT molecular complexity index is 504. The molecule has 1 N–H and O–H groups in total. The lowest BCUT2D eigenvalue weighted by Crippen LogP contribution is -2.37. The van der Waals surface area contributed by atoms with Crippen LogP contribution in [0.2, 0.25) is 0 Å². The maximum Gasteiger partial charge on any atom is 0.320 e. The van der Waals surface area contributed by atoms with E-state index in [9.17, 15) is 14.9 Å². The summed E-state index contributed by atoms with van der Waals surface area (Å²) in [4.78, 5) is 23.1. The van der Waals surface area contributed by atoms with E-state index in [2.05, 4.69) is 0 Å². The highest BCUT2D eigenvalue weighted by molar-refractivity contribution is 5.73. The van der Waals surface area contributed by atoms with Crippen molar-refractivity contribution in [3.63, 3.8) is 0 Å². The minimum Gasteiger partial charge on any atom is -0.490 e. The highest BCUT2D eigenvalue weighted by atomic mass is 16.6. The van der Waals surface area contributed by atoms with Crippen LogP contribution in [0.15, 0.2) is 18.2 Å². The Hall–Kier alpha value is -2.15. The first-order valence-electron chi connectivity index (χ1n) is 6.15. The number of carboxylic acids is 1. The van der Waals surface area contributed by atoms with E-state index in [1.807, 2.05) is 0 Å². The van der Waals surface area contributed by atoms with Gasteiger partial charge in [0.15, 0.2) is 5.75 Å². The molecule has 0 aliphatic carbocycles. The van der Waals surface area contributed by atoms with Crippen molar-refractivity contribution in [3.8, 4) is 5.75 Å². The maximum atomic E-state index is 11.1. The first-order valence-corrected chi connectivity index (χ1v) is 6.15. The number of nitro benzene ring substituents is 1. The number of rotatable bonds is 7. The van der Waals surface area contributed by atoms with Crippen molar-refractivity contribution in [1.82, 2.24) is 4.90 Å². The van der Waals surface area contributed by atoms with Crippen LogP contribution in [0.3, 0.4) is 0 Å². The molecule has 20 heavy (non-hydrogen) atoms. The third-order valence-electron chi connectivity index (χ3n) is 3.08. The zero-order valence-electron chi connectivity index (χ0n) is 11.7. The van der Waals surface area contributed by atoms with Gasteiger partial charge in [0, 0.05) is 12.6 Å². The molecular formula is C13H18N2O5. The minimum absolute atomic E-state index is 0.123. The molecular weight excluding hydrogens is 264 g/mol. The molecule has 0 heterocycles. The first kappa shape index (κ1) is 15.9. The Balaban J connectivity index is 2.95. The molecule has 0 saturated heterocycles. The average molecular weight is 282 g/mol. The Morgan fingerprint density at radius 1 is 1.55 bits per heavy atom. The van der Waals surface area contributed by atoms with Crippen molar-refractivity contribution in [1.29, 1.82) is 0 Å². The van der Waals surface area contributed by atoms with Crippen LogP contribution in [-0.2, 0) is 11.3 Å². The van der Waals surface area contributed by atoms with E-state index in [0.29, 0.717) is 18.5 Å². The summed E-state index contributed by atoms with van der Waals surface area (Å²) in [5, 5.41) is 20.0. The summed E-state index contributed by atoms with van der Waals surface area (Å²) in [6, 6.07) is 4.00. The fraction of sp³-hybridized carbons (Fsp3) is 0.462. The summed E-state index contributed by atoms with van der Waals surface area (Å²) < 4.78 is 4.92. The molecule has 1 rings (SSSR count). The van der Waals surface area contributed by atoms with Gasteiger partial charge in [0.2, 0.25) is 0 Å². The lowest BCUT2D eigenvalue weighted by molar-refractivity contribution is -0.385. The molecule has 7 nitrogen and oxygen atoms in total. The molecule has 0 aliphatic rings. The molecule has 0 bridgehead atoms. The summed E-state index contributed by atoms with van der Waals surface area (Å²) in [6.07, 6.45) is 0.462. The van der Waals surface area contributed by atoms with Crippen molar-refractivity contribution >= 4 is 11.7 Å². The summed E-state index contributed by atoms with van der Waals surface area (Å²) in [7, 11) is 3.05. The number of likely N-dealkylation sites (N-methyl/N-ethyl adjacent to an activating group) is 1. The van der Waals surface area contributed by atoms with E-state index < -0.39 is 16.9 Å². The molecule has 1 aromatic rings. The van der Waals surface area contributed by atoms with Crippen molar-refractivity contribution in [2.24, 2.45) is 0 Å². The van der Waals surface area contributed by atoms with Crippen LogP contribution in [0, 0.1) is 10.1 Å². The van der Waals surface area contributed by atoms with Gasteiger partial charge in [-0.1, -0.05) is 13.0 Å². The number of nitrogens with zero attached hydrogens (tertiary/aromatic N) is 2. The Morgan fingerprint density at radius 2 is 2.20 bits per heavy atom. The van der Waals surface area contributed by atoms with E-state index in [0.717, 1.165) is 0 Å². The molecule has 1 unspecified atom stereocenters. The molecule has 110 valence electrons. The second-order valence-corrected chi connectivity index (χ2v) is 4.44. The molecule has 0 fully saturated rings. The summed E-state index contributed by atoms with van der Waals surface area (Å²) in [5.41, 5.74) is 0.543. The zero-order chi connectivity index (χ0) is 15.3. The van der Waals surface area contributed by atoms with Crippen LogP contribution < -0.4 is 4.74 Å². The van der Waals surface area contributed by atoms with Gasteiger partial charge < -0.3 is 9.84 Å². The molecule has 0 aliphatic heterocycles. The maximum absolute atomic E-state index is 11.1. The second-order valence-electron chi connectivity index (χ2n) is 4.44. The number of ether oxygens (including phenoxy) is 1. The standard InChI is InChI=1S/C13H18N2O5/c1-4-10(13(16)17)14(2)8-9-5-6-12(20-3)11(7-9)15(18)19/h5-7,10H,4,8H2,1-3H3,(H,16,17). The van der Waals surface area contributed by atoms with E-state index in [-0.39, 0.29) is 11.4 Å². The van der Waals surface area contributed by atoms with Gasteiger partial charge in [0.25, 0.3) is 0 Å². The zero-order valence-corrected chi connectivity index (χ0v) is 11.7. The quantitative estimate of drug-likeness (QED) is 0.606. The second kappa shape index (κ2) is 6.85. The van der Waals surface area contributed by atoms with Gasteiger partial charge in [-0.05, 0) is 25.1 Å². The number of carbonyl (C=O) groups is 1. The summed E-state index contributed by atoms with van der Waals surface area (Å²) in [5.74, 6) is -0.718. The highest BCUT2D eigenvalue weighted by Crippen LogP contribution is 2.28. The first-order chi connectivity index (χ1) is 9.40. The van der Waals surface area contributed by atoms with Crippen molar-refractivity contribution in [2.45, 2.75) is 25.9 Å². The third-order valence-corrected chi connectivity index (χ3v) is 3.08. The number of aliphatic carboxylic acids is 1. The summed E-state index contributed by atoms with van der Waals surface area (Å²) >= 11 is 0. The number of hydrogen-bond donors (Lipinski definition) is 1. The van der Waals surface area contributed by atoms with Crippen LogP contribution in [0.1, 0.15) is 18.9 Å². The minimum atomic E-state index is -0.905. The molecule has 1 atom stereocenters. The lowest BCUT2D eigenvalue weighted by Gasteiger charge is -2.23. The van der Waals surface area contributed by atoms with E-state index in [1.54, 1.807) is 24.9 Å². The van der Waals surface area contributed by atoms with Gasteiger partial charge in [-0.3, -0.25) is 19.8 Å². The van der Waals surface area contributed by atoms with Crippen LogP contribution >= 0.6 is 0 Å². The highest BCUT2D eigenvalue weighted by Gasteiger charge is 2.22. The van der Waals surface area contributed by atoms with Crippen LogP contribution in [0.5, 0.6) is 5.75 Å².